The lowest BCUT2D eigenvalue weighted by molar-refractivity contribution is -0.115. The number of anilines is 1. The molecule has 0 saturated carbocycles. The van der Waals surface area contributed by atoms with Crippen molar-refractivity contribution in [3.8, 4) is 0 Å². The summed E-state index contributed by atoms with van der Waals surface area (Å²) < 4.78 is 32.0. The van der Waals surface area contributed by atoms with Crippen LogP contribution in [0.25, 0.3) is 0 Å². The maximum atomic E-state index is 13.4. The van der Waals surface area contributed by atoms with Gasteiger partial charge in [0.25, 0.3) is 0 Å². The second-order valence-corrected chi connectivity index (χ2v) is 4.94. The van der Waals surface area contributed by atoms with Gasteiger partial charge in [-0.2, -0.15) is 0 Å². The molecule has 4 nitrogen and oxygen atoms in total. The smallest absolute Gasteiger partial charge is 0.238 e. The van der Waals surface area contributed by atoms with E-state index in [2.05, 4.69) is 10.6 Å². The standard InChI is InChI=1S/C14H18F2N2O2/c1-9(10-5-6-20-8-10)17-7-13(19)18-14-11(15)3-2-4-12(14)16/h2-4,9-10,17H,5-8H2,1H3,(H,18,19). The largest absolute Gasteiger partial charge is 0.381 e. The molecule has 2 atom stereocenters. The monoisotopic (exact) mass is 284 g/mol. The van der Waals surface area contributed by atoms with Crippen molar-refractivity contribution in [2.24, 2.45) is 5.92 Å². The zero-order valence-corrected chi connectivity index (χ0v) is 11.3. The van der Waals surface area contributed by atoms with Gasteiger partial charge >= 0.3 is 0 Å². The van der Waals surface area contributed by atoms with E-state index in [-0.39, 0.29) is 12.6 Å². The predicted octanol–water partition coefficient (Wildman–Crippen LogP) is 1.92. The molecule has 6 heteroatoms. The van der Waals surface area contributed by atoms with Crippen LogP contribution in [-0.4, -0.2) is 31.7 Å². The van der Waals surface area contributed by atoms with Gasteiger partial charge in [-0.05, 0) is 31.4 Å². The van der Waals surface area contributed by atoms with Crippen LogP contribution in [0.5, 0.6) is 0 Å². The van der Waals surface area contributed by atoms with Crippen molar-refractivity contribution >= 4 is 11.6 Å². The molecule has 110 valence electrons. The highest BCUT2D eigenvalue weighted by atomic mass is 19.1. The second-order valence-electron chi connectivity index (χ2n) is 4.94. The summed E-state index contributed by atoms with van der Waals surface area (Å²) in [7, 11) is 0. The summed E-state index contributed by atoms with van der Waals surface area (Å²) >= 11 is 0. The molecule has 1 saturated heterocycles. The Morgan fingerprint density at radius 1 is 1.45 bits per heavy atom. The van der Waals surface area contributed by atoms with Gasteiger partial charge in [0, 0.05) is 12.6 Å². The van der Waals surface area contributed by atoms with Crippen molar-refractivity contribution in [3.63, 3.8) is 0 Å². The van der Waals surface area contributed by atoms with Gasteiger partial charge in [0.05, 0.1) is 13.2 Å². The minimum atomic E-state index is -0.782. The van der Waals surface area contributed by atoms with E-state index >= 15 is 0 Å². The Bertz CT molecular complexity index is 456. The van der Waals surface area contributed by atoms with Gasteiger partial charge in [-0.25, -0.2) is 8.78 Å². The molecule has 1 aliphatic heterocycles. The molecule has 1 aliphatic rings. The number of amides is 1. The van der Waals surface area contributed by atoms with Gasteiger partial charge in [-0.15, -0.1) is 0 Å². The Morgan fingerprint density at radius 2 is 2.15 bits per heavy atom. The fourth-order valence-corrected chi connectivity index (χ4v) is 2.17. The number of hydrogen-bond acceptors (Lipinski definition) is 3. The summed E-state index contributed by atoms with van der Waals surface area (Å²) in [6.07, 6.45) is 0.956. The summed E-state index contributed by atoms with van der Waals surface area (Å²) in [4.78, 5) is 11.7. The van der Waals surface area contributed by atoms with E-state index in [4.69, 9.17) is 4.74 Å². The van der Waals surface area contributed by atoms with Crippen molar-refractivity contribution in [2.45, 2.75) is 19.4 Å². The van der Waals surface area contributed by atoms with Gasteiger partial charge in [0.1, 0.15) is 17.3 Å². The lowest BCUT2D eigenvalue weighted by Crippen LogP contribution is -2.39. The molecule has 1 aromatic rings. The van der Waals surface area contributed by atoms with Crippen LogP contribution in [0.2, 0.25) is 0 Å². The Labute approximate surface area is 116 Å². The Morgan fingerprint density at radius 3 is 2.75 bits per heavy atom. The van der Waals surface area contributed by atoms with Crippen LogP contribution in [0.3, 0.4) is 0 Å². The number of carbonyl (C=O) groups is 1. The minimum absolute atomic E-state index is 0.00540. The highest BCUT2D eigenvalue weighted by molar-refractivity contribution is 5.92. The van der Waals surface area contributed by atoms with Gasteiger partial charge in [-0.1, -0.05) is 6.07 Å². The molecule has 2 N–H and O–H groups in total. The molecule has 0 spiro atoms. The maximum Gasteiger partial charge on any atom is 0.238 e. The Hall–Kier alpha value is -1.53. The van der Waals surface area contributed by atoms with Crippen molar-refractivity contribution in [1.82, 2.24) is 5.32 Å². The fourth-order valence-electron chi connectivity index (χ4n) is 2.17. The van der Waals surface area contributed by atoms with Gasteiger partial charge in [0.2, 0.25) is 5.91 Å². The number of benzene rings is 1. The molecule has 0 bridgehead atoms. The number of nitrogens with one attached hydrogen (secondary N) is 2. The van der Waals surface area contributed by atoms with Crippen LogP contribution in [0.15, 0.2) is 18.2 Å². The lowest BCUT2D eigenvalue weighted by Gasteiger charge is -2.19. The normalized spacial score (nSPS) is 19.9. The second kappa shape index (κ2) is 6.76. The molecule has 1 aromatic carbocycles. The molecular weight excluding hydrogens is 266 g/mol. The van der Waals surface area contributed by atoms with E-state index in [1.165, 1.54) is 6.07 Å². The minimum Gasteiger partial charge on any atom is -0.381 e. The highest BCUT2D eigenvalue weighted by Gasteiger charge is 2.22. The van der Waals surface area contributed by atoms with Crippen molar-refractivity contribution in [3.05, 3.63) is 29.8 Å². The first kappa shape index (κ1) is 14.9. The quantitative estimate of drug-likeness (QED) is 0.868. The summed E-state index contributed by atoms with van der Waals surface area (Å²) in [6.45, 7) is 3.39. The van der Waals surface area contributed by atoms with Crippen LogP contribution in [0.4, 0.5) is 14.5 Å². The van der Waals surface area contributed by atoms with Crippen LogP contribution in [0.1, 0.15) is 13.3 Å². The van der Waals surface area contributed by atoms with Crippen molar-refractivity contribution in [2.75, 3.05) is 25.1 Å². The number of hydrogen-bond donors (Lipinski definition) is 2. The molecule has 1 fully saturated rings. The molecule has 1 heterocycles. The van der Waals surface area contributed by atoms with Crippen LogP contribution < -0.4 is 10.6 Å². The van der Waals surface area contributed by atoms with E-state index in [1.807, 2.05) is 6.92 Å². The Balaban J connectivity index is 1.83. The zero-order valence-electron chi connectivity index (χ0n) is 11.3. The zero-order chi connectivity index (χ0) is 14.5. The first-order valence-corrected chi connectivity index (χ1v) is 6.63. The van der Waals surface area contributed by atoms with E-state index in [9.17, 15) is 13.6 Å². The third kappa shape index (κ3) is 3.74. The van der Waals surface area contributed by atoms with Gasteiger partial charge < -0.3 is 15.4 Å². The molecule has 2 unspecified atom stereocenters. The molecule has 20 heavy (non-hydrogen) atoms. The topological polar surface area (TPSA) is 50.4 Å². The number of para-hydroxylation sites is 1. The molecule has 0 aromatic heterocycles. The Kier molecular flexibility index (Phi) is 5.03. The molecule has 0 radical (unpaired) electrons. The third-order valence-corrected chi connectivity index (χ3v) is 3.48. The highest BCUT2D eigenvalue weighted by Crippen LogP contribution is 2.18. The summed E-state index contributed by atoms with van der Waals surface area (Å²) in [6, 6.07) is 3.57. The lowest BCUT2D eigenvalue weighted by atomic mass is 10.0. The van der Waals surface area contributed by atoms with Crippen LogP contribution >= 0.6 is 0 Å². The third-order valence-electron chi connectivity index (χ3n) is 3.48. The molecule has 0 aliphatic carbocycles. The van der Waals surface area contributed by atoms with Crippen LogP contribution in [0, 0.1) is 17.6 Å². The summed E-state index contributed by atoms with van der Waals surface area (Å²) in [5.41, 5.74) is -0.406. The van der Waals surface area contributed by atoms with E-state index < -0.39 is 23.2 Å². The SMILES string of the molecule is CC(NCC(=O)Nc1c(F)cccc1F)C1CCOC1. The molecular formula is C14H18F2N2O2. The maximum absolute atomic E-state index is 13.4. The molecule has 1 amide bonds. The van der Waals surface area contributed by atoms with E-state index in [1.54, 1.807) is 0 Å². The first-order chi connectivity index (χ1) is 9.58. The number of carbonyl (C=O) groups excluding carboxylic acids is 1. The van der Waals surface area contributed by atoms with E-state index in [0.29, 0.717) is 12.5 Å². The fraction of sp³-hybridized carbons (Fsp3) is 0.500. The van der Waals surface area contributed by atoms with Gasteiger partial charge in [-0.3, -0.25) is 4.79 Å². The number of halogens is 2. The summed E-state index contributed by atoms with van der Waals surface area (Å²) in [5, 5.41) is 5.29. The number of ether oxygens (including phenoxy) is 1. The van der Waals surface area contributed by atoms with Crippen molar-refractivity contribution < 1.29 is 18.3 Å². The average Bonchev–Trinajstić information content (AvgIpc) is 2.94. The average molecular weight is 284 g/mol. The van der Waals surface area contributed by atoms with Crippen LogP contribution in [-0.2, 0) is 9.53 Å². The predicted molar refractivity (Wildman–Crippen MR) is 71.4 cm³/mol. The molecule has 2 rings (SSSR count). The van der Waals surface area contributed by atoms with Gasteiger partial charge in [0.15, 0.2) is 0 Å². The summed E-state index contributed by atoms with van der Waals surface area (Å²) in [5.74, 6) is -1.67. The first-order valence-electron chi connectivity index (χ1n) is 6.63. The number of rotatable bonds is 5. The van der Waals surface area contributed by atoms with Crippen molar-refractivity contribution in [1.29, 1.82) is 0 Å². The van der Waals surface area contributed by atoms with E-state index in [0.717, 1.165) is 25.2 Å².